The molecule has 96 valence electrons. The molecule has 1 aliphatic rings. The summed E-state index contributed by atoms with van der Waals surface area (Å²) in [5, 5.41) is 0. The highest BCUT2D eigenvalue weighted by molar-refractivity contribution is 5.39. The van der Waals surface area contributed by atoms with Gasteiger partial charge in [0.25, 0.3) is 0 Å². The monoisotopic (exact) mass is 235 g/mol. The van der Waals surface area contributed by atoms with Crippen molar-refractivity contribution in [2.24, 2.45) is 7.05 Å². The second-order valence-corrected chi connectivity index (χ2v) is 5.30. The summed E-state index contributed by atoms with van der Waals surface area (Å²) in [5.74, 6) is 2.80. The largest absolute Gasteiger partial charge is 0.384 e. The Morgan fingerprint density at radius 2 is 1.94 bits per heavy atom. The highest BCUT2D eigenvalue weighted by Crippen LogP contribution is 2.40. The maximum Gasteiger partial charge on any atom is 0.126 e. The molecule has 1 aromatic rings. The summed E-state index contributed by atoms with van der Waals surface area (Å²) in [6.45, 7) is 2.25. The van der Waals surface area contributed by atoms with E-state index < -0.39 is 0 Å². The number of nitrogen functional groups attached to an aromatic ring is 1. The minimum Gasteiger partial charge on any atom is -0.384 e. The second-order valence-electron chi connectivity index (χ2n) is 5.30. The Kier molecular flexibility index (Phi) is 4.08. The number of imidazole rings is 1. The van der Waals surface area contributed by atoms with Crippen LogP contribution in [0.2, 0.25) is 0 Å². The normalized spacial score (nSPS) is 15.4. The SMILES string of the molecule is CCCCCCCc1nc(C2CC2)n(C)c1N. The van der Waals surface area contributed by atoms with Crippen LogP contribution in [0.3, 0.4) is 0 Å². The van der Waals surface area contributed by atoms with Crippen molar-refractivity contribution in [3.63, 3.8) is 0 Å². The minimum atomic E-state index is 0.691. The first-order valence-corrected chi connectivity index (χ1v) is 7.05. The topological polar surface area (TPSA) is 43.8 Å². The number of nitrogens with zero attached hydrogens (tertiary/aromatic N) is 2. The molecule has 0 unspecified atom stereocenters. The van der Waals surface area contributed by atoms with Gasteiger partial charge in [-0.25, -0.2) is 4.98 Å². The molecule has 0 bridgehead atoms. The van der Waals surface area contributed by atoms with Crippen LogP contribution in [0.25, 0.3) is 0 Å². The summed E-state index contributed by atoms with van der Waals surface area (Å²) in [4.78, 5) is 4.73. The van der Waals surface area contributed by atoms with Crippen molar-refractivity contribution in [1.29, 1.82) is 0 Å². The van der Waals surface area contributed by atoms with Crippen LogP contribution in [-0.4, -0.2) is 9.55 Å². The molecule has 1 aromatic heterocycles. The molecule has 0 aliphatic heterocycles. The molecule has 17 heavy (non-hydrogen) atoms. The van der Waals surface area contributed by atoms with Gasteiger partial charge in [-0.15, -0.1) is 0 Å². The van der Waals surface area contributed by atoms with Crippen LogP contribution < -0.4 is 5.73 Å². The van der Waals surface area contributed by atoms with Gasteiger partial charge < -0.3 is 10.3 Å². The molecule has 2 rings (SSSR count). The van der Waals surface area contributed by atoms with Crippen LogP contribution in [0, 0.1) is 0 Å². The summed E-state index contributed by atoms with van der Waals surface area (Å²) in [6.07, 6.45) is 10.2. The van der Waals surface area contributed by atoms with E-state index in [1.807, 2.05) is 0 Å². The zero-order valence-corrected chi connectivity index (χ0v) is 11.2. The maximum absolute atomic E-state index is 6.11. The molecule has 0 aromatic carbocycles. The molecule has 1 heterocycles. The van der Waals surface area contributed by atoms with Gasteiger partial charge in [0.05, 0.1) is 5.69 Å². The Bertz CT molecular complexity index is 364. The quantitative estimate of drug-likeness (QED) is 0.736. The number of aromatic nitrogens is 2. The molecule has 1 aliphatic carbocycles. The zero-order valence-electron chi connectivity index (χ0n) is 11.2. The van der Waals surface area contributed by atoms with Crippen LogP contribution in [0.1, 0.15) is 69.3 Å². The van der Waals surface area contributed by atoms with Gasteiger partial charge in [0.15, 0.2) is 0 Å². The zero-order chi connectivity index (χ0) is 12.3. The third kappa shape index (κ3) is 3.02. The van der Waals surface area contributed by atoms with E-state index >= 15 is 0 Å². The van der Waals surface area contributed by atoms with Gasteiger partial charge in [-0.05, 0) is 25.7 Å². The van der Waals surface area contributed by atoms with Gasteiger partial charge in [-0.1, -0.05) is 32.6 Å². The molecule has 3 heteroatoms. The number of aryl methyl sites for hydroxylation is 1. The number of hydrogen-bond acceptors (Lipinski definition) is 2. The van der Waals surface area contributed by atoms with Crippen molar-refractivity contribution in [1.82, 2.24) is 9.55 Å². The van der Waals surface area contributed by atoms with Crippen molar-refractivity contribution < 1.29 is 0 Å². The molecule has 3 nitrogen and oxygen atoms in total. The van der Waals surface area contributed by atoms with E-state index in [1.165, 1.54) is 50.8 Å². The number of rotatable bonds is 7. The molecule has 0 saturated heterocycles. The molecular formula is C14H25N3. The number of hydrogen-bond donors (Lipinski definition) is 1. The van der Waals surface area contributed by atoms with Gasteiger partial charge in [0.1, 0.15) is 11.6 Å². The molecule has 0 spiro atoms. The summed E-state index contributed by atoms with van der Waals surface area (Å²) < 4.78 is 2.10. The summed E-state index contributed by atoms with van der Waals surface area (Å²) in [5.41, 5.74) is 7.24. The summed E-state index contributed by atoms with van der Waals surface area (Å²) >= 11 is 0. The highest BCUT2D eigenvalue weighted by atomic mass is 15.1. The Labute approximate surface area is 104 Å². The third-order valence-electron chi connectivity index (χ3n) is 3.71. The van der Waals surface area contributed by atoms with Gasteiger partial charge >= 0.3 is 0 Å². The number of unbranched alkanes of at least 4 members (excludes halogenated alkanes) is 4. The van der Waals surface area contributed by atoms with Crippen molar-refractivity contribution in [2.75, 3.05) is 5.73 Å². The number of nitrogens with two attached hydrogens (primary N) is 1. The van der Waals surface area contributed by atoms with Crippen molar-refractivity contribution >= 4 is 5.82 Å². The predicted molar refractivity (Wildman–Crippen MR) is 72.1 cm³/mol. The molecular weight excluding hydrogens is 210 g/mol. The standard InChI is InChI=1S/C14H25N3/c1-3-4-5-6-7-8-12-13(15)17(2)14(16-12)11-9-10-11/h11H,3-10,15H2,1-2H3. The van der Waals surface area contributed by atoms with Gasteiger partial charge in [0.2, 0.25) is 0 Å². The highest BCUT2D eigenvalue weighted by Gasteiger charge is 2.29. The summed E-state index contributed by atoms with van der Waals surface area (Å²) in [6, 6.07) is 0. The molecule has 0 radical (unpaired) electrons. The smallest absolute Gasteiger partial charge is 0.126 e. The Morgan fingerprint density at radius 3 is 2.59 bits per heavy atom. The van der Waals surface area contributed by atoms with E-state index in [1.54, 1.807) is 0 Å². The van der Waals surface area contributed by atoms with Crippen molar-refractivity contribution in [3.05, 3.63) is 11.5 Å². The first kappa shape index (κ1) is 12.5. The van der Waals surface area contributed by atoms with Crippen molar-refractivity contribution in [2.45, 2.75) is 64.2 Å². The fourth-order valence-electron chi connectivity index (χ4n) is 2.37. The van der Waals surface area contributed by atoms with Crippen molar-refractivity contribution in [3.8, 4) is 0 Å². The van der Waals surface area contributed by atoms with Crippen LogP contribution in [0.4, 0.5) is 5.82 Å². The van der Waals surface area contributed by atoms with E-state index in [4.69, 9.17) is 10.7 Å². The van der Waals surface area contributed by atoms with E-state index in [0.29, 0.717) is 5.92 Å². The molecule has 1 fully saturated rings. The lowest BCUT2D eigenvalue weighted by Crippen LogP contribution is -2.01. The first-order chi connectivity index (χ1) is 8.24. The first-order valence-electron chi connectivity index (χ1n) is 7.05. The Hall–Kier alpha value is -0.990. The van der Waals surface area contributed by atoms with Crippen LogP contribution in [-0.2, 0) is 13.5 Å². The minimum absolute atomic E-state index is 0.691. The van der Waals surface area contributed by atoms with E-state index in [2.05, 4.69) is 18.5 Å². The van der Waals surface area contributed by atoms with Crippen LogP contribution in [0.15, 0.2) is 0 Å². The molecule has 0 atom stereocenters. The van der Waals surface area contributed by atoms with Gasteiger partial charge in [0, 0.05) is 13.0 Å². The van der Waals surface area contributed by atoms with Crippen LogP contribution in [0.5, 0.6) is 0 Å². The lowest BCUT2D eigenvalue weighted by molar-refractivity contribution is 0.629. The lowest BCUT2D eigenvalue weighted by Gasteiger charge is -2.01. The van der Waals surface area contributed by atoms with Crippen LogP contribution >= 0.6 is 0 Å². The fraction of sp³-hybridized carbons (Fsp3) is 0.786. The van der Waals surface area contributed by atoms with Gasteiger partial charge in [-0.3, -0.25) is 0 Å². The maximum atomic E-state index is 6.11. The molecule has 2 N–H and O–H groups in total. The van der Waals surface area contributed by atoms with Gasteiger partial charge in [-0.2, -0.15) is 0 Å². The third-order valence-corrected chi connectivity index (χ3v) is 3.71. The average Bonchev–Trinajstić information content (AvgIpc) is 3.11. The van der Waals surface area contributed by atoms with E-state index in [-0.39, 0.29) is 0 Å². The predicted octanol–water partition coefficient (Wildman–Crippen LogP) is 3.39. The van der Waals surface area contributed by atoms with E-state index in [0.717, 1.165) is 17.9 Å². The molecule has 1 saturated carbocycles. The average molecular weight is 235 g/mol. The Balaban J connectivity index is 1.85. The lowest BCUT2D eigenvalue weighted by atomic mass is 10.1. The Morgan fingerprint density at radius 1 is 1.24 bits per heavy atom. The fourth-order valence-corrected chi connectivity index (χ4v) is 2.37. The second kappa shape index (κ2) is 5.56. The number of anilines is 1. The summed E-state index contributed by atoms with van der Waals surface area (Å²) in [7, 11) is 2.05. The van der Waals surface area contributed by atoms with E-state index in [9.17, 15) is 0 Å². The molecule has 0 amide bonds.